The van der Waals surface area contributed by atoms with Gasteiger partial charge in [-0.2, -0.15) is 5.10 Å². The normalized spacial score (nSPS) is 11.5. The van der Waals surface area contributed by atoms with Gasteiger partial charge in [-0.15, -0.1) is 12.4 Å². The summed E-state index contributed by atoms with van der Waals surface area (Å²) in [7, 11) is 3.60. The number of carbonyl (C=O) groups excluding carboxylic acids is 1. The third kappa shape index (κ3) is 5.25. The van der Waals surface area contributed by atoms with Gasteiger partial charge in [-0.25, -0.2) is 0 Å². The molecule has 0 fully saturated rings. The highest BCUT2D eigenvalue weighted by molar-refractivity contribution is 5.85. The number of ether oxygens (including phenoxy) is 1. The van der Waals surface area contributed by atoms with Crippen molar-refractivity contribution in [1.82, 2.24) is 20.4 Å². The fourth-order valence-electron chi connectivity index (χ4n) is 2.47. The summed E-state index contributed by atoms with van der Waals surface area (Å²) in [5.41, 5.74) is 1.94. The number of hydrogen-bond acceptors (Lipinski definition) is 4. The quantitative estimate of drug-likeness (QED) is 0.761. The highest BCUT2D eigenvalue weighted by atomic mass is 35.5. The first kappa shape index (κ1) is 20.0. The maximum Gasteiger partial charge on any atom is 0.241 e. The van der Waals surface area contributed by atoms with E-state index in [0.717, 1.165) is 23.3 Å². The molecule has 0 bridgehead atoms. The summed E-state index contributed by atoms with van der Waals surface area (Å²) in [6, 6.07) is 7.50. The molecular weight excluding hydrogens is 328 g/mol. The first-order valence-electron chi connectivity index (χ1n) is 7.80. The number of halogens is 1. The Morgan fingerprint density at radius 1 is 1.38 bits per heavy atom. The molecule has 0 aliphatic rings. The zero-order valence-corrected chi connectivity index (χ0v) is 15.1. The van der Waals surface area contributed by atoms with Crippen LogP contribution in [0.4, 0.5) is 0 Å². The number of nitrogens with zero attached hydrogens (tertiary/aromatic N) is 2. The number of nitrogens with one attached hydrogen (secondary N) is 2. The van der Waals surface area contributed by atoms with Gasteiger partial charge in [0.15, 0.2) is 0 Å². The summed E-state index contributed by atoms with van der Waals surface area (Å²) >= 11 is 0. The van der Waals surface area contributed by atoms with Crippen LogP contribution >= 0.6 is 12.4 Å². The predicted molar refractivity (Wildman–Crippen MR) is 96.6 cm³/mol. The van der Waals surface area contributed by atoms with Crippen molar-refractivity contribution in [2.75, 3.05) is 20.2 Å². The zero-order valence-electron chi connectivity index (χ0n) is 14.3. The number of amides is 1. The molecule has 1 aromatic heterocycles. The van der Waals surface area contributed by atoms with Crippen LogP contribution in [0.25, 0.3) is 0 Å². The van der Waals surface area contributed by atoms with Crippen LogP contribution in [0.2, 0.25) is 0 Å². The van der Waals surface area contributed by atoms with E-state index in [1.54, 1.807) is 17.9 Å². The van der Waals surface area contributed by atoms with Gasteiger partial charge in [0.05, 0.1) is 12.8 Å². The van der Waals surface area contributed by atoms with Gasteiger partial charge in [0.2, 0.25) is 5.91 Å². The van der Waals surface area contributed by atoms with E-state index in [2.05, 4.69) is 15.7 Å². The van der Waals surface area contributed by atoms with Crippen molar-refractivity contribution in [3.8, 4) is 5.75 Å². The summed E-state index contributed by atoms with van der Waals surface area (Å²) in [6.45, 7) is 3.15. The average Bonchev–Trinajstić information content (AvgIpc) is 2.96. The topological polar surface area (TPSA) is 68.2 Å². The molecule has 0 saturated heterocycles. The highest BCUT2D eigenvalue weighted by Crippen LogP contribution is 2.18. The molecule has 1 amide bonds. The maximum absolute atomic E-state index is 12.3. The highest BCUT2D eigenvalue weighted by Gasteiger charge is 2.19. The molecule has 2 aromatic rings. The van der Waals surface area contributed by atoms with E-state index in [-0.39, 0.29) is 18.3 Å². The second kappa shape index (κ2) is 9.95. The number of carbonyl (C=O) groups is 1. The molecule has 1 heterocycles. The van der Waals surface area contributed by atoms with Crippen molar-refractivity contribution in [3.05, 3.63) is 47.8 Å². The molecular formula is C17H25ClN4O2. The number of aromatic nitrogens is 2. The predicted octanol–water partition coefficient (Wildman–Crippen LogP) is 1.86. The van der Waals surface area contributed by atoms with Crippen LogP contribution in [0.15, 0.2) is 36.7 Å². The maximum atomic E-state index is 12.3. The van der Waals surface area contributed by atoms with Crippen LogP contribution in [-0.2, 0) is 18.3 Å². The first-order chi connectivity index (χ1) is 11.2. The lowest BCUT2D eigenvalue weighted by molar-refractivity contribution is -0.123. The van der Waals surface area contributed by atoms with Crippen LogP contribution in [0.3, 0.4) is 0 Å². The average molecular weight is 353 g/mol. The van der Waals surface area contributed by atoms with Crippen molar-refractivity contribution in [2.45, 2.75) is 19.4 Å². The van der Waals surface area contributed by atoms with Gasteiger partial charge in [0.25, 0.3) is 0 Å². The molecule has 1 atom stereocenters. The fraction of sp³-hybridized carbons (Fsp3) is 0.412. The Morgan fingerprint density at radius 2 is 2.12 bits per heavy atom. The molecule has 7 heteroatoms. The van der Waals surface area contributed by atoms with Crippen molar-refractivity contribution >= 4 is 18.3 Å². The Morgan fingerprint density at radius 3 is 2.75 bits per heavy atom. The first-order valence-corrected chi connectivity index (χ1v) is 7.80. The van der Waals surface area contributed by atoms with Crippen molar-refractivity contribution in [2.24, 2.45) is 7.05 Å². The fourth-order valence-corrected chi connectivity index (χ4v) is 2.47. The minimum absolute atomic E-state index is 0. The lowest BCUT2D eigenvalue weighted by atomic mass is 10.1. The molecule has 1 unspecified atom stereocenters. The number of aryl methyl sites for hydroxylation is 1. The molecule has 0 radical (unpaired) electrons. The third-order valence-electron chi connectivity index (χ3n) is 3.58. The minimum atomic E-state index is -0.397. The van der Waals surface area contributed by atoms with Crippen LogP contribution in [0.1, 0.15) is 24.1 Å². The summed E-state index contributed by atoms with van der Waals surface area (Å²) < 4.78 is 7.28. The summed E-state index contributed by atoms with van der Waals surface area (Å²) in [5, 5.41) is 10.1. The molecule has 0 spiro atoms. The Labute approximate surface area is 149 Å². The van der Waals surface area contributed by atoms with Crippen LogP contribution in [-0.4, -0.2) is 35.9 Å². The van der Waals surface area contributed by atoms with E-state index < -0.39 is 6.04 Å². The molecule has 0 aliphatic carbocycles. The molecule has 132 valence electrons. The lowest BCUT2D eigenvalue weighted by Crippen LogP contribution is -2.36. The van der Waals surface area contributed by atoms with Gasteiger partial charge < -0.3 is 15.4 Å². The SMILES string of the molecule is CCOc1ccccc1CCNC(=O)C(NC)c1cnn(C)c1.Cl. The Hall–Kier alpha value is -2.05. The van der Waals surface area contributed by atoms with Crippen LogP contribution in [0, 0.1) is 0 Å². The summed E-state index contributed by atoms with van der Waals surface area (Å²) in [4.78, 5) is 12.3. The van der Waals surface area contributed by atoms with Gasteiger partial charge in [-0.1, -0.05) is 18.2 Å². The molecule has 0 aliphatic heterocycles. The van der Waals surface area contributed by atoms with E-state index >= 15 is 0 Å². The number of likely N-dealkylation sites (N-methyl/N-ethyl adjacent to an activating group) is 1. The van der Waals surface area contributed by atoms with Crippen molar-refractivity contribution in [1.29, 1.82) is 0 Å². The number of rotatable bonds is 8. The molecule has 2 rings (SSSR count). The Balaban J connectivity index is 0.00000288. The smallest absolute Gasteiger partial charge is 0.241 e. The largest absolute Gasteiger partial charge is 0.494 e. The second-order valence-corrected chi connectivity index (χ2v) is 5.25. The van der Waals surface area contributed by atoms with E-state index in [4.69, 9.17) is 4.74 Å². The molecule has 24 heavy (non-hydrogen) atoms. The van der Waals surface area contributed by atoms with Gasteiger partial charge in [-0.05, 0) is 32.0 Å². The van der Waals surface area contributed by atoms with Gasteiger partial charge >= 0.3 is 0 Å². The number of benzene rings is 1. The Kier molecular flexibility index (Phi) is 8.29. The summed E-state index contributed by atoms with van der Waals surface area (Å²) in [6.07, 6.45) is 4.27. The van der Waals surface area contributed by atoms with Crippen molar-refractivity contribution < 1.29 is 9.53 Å². The monoisotopic (exact) mass is 352 g/mol. The Bertz CT molecular complexity index is 645. The molecule has 0 saturated carbocycles. The summed E-state index contributed by atoms with van der Waals surface area (Å²) in [5.74, 6) is 0.816. The van der Waals surface area contributed by atoms with Gasteiger partial charge in [-0.3, -0.25) is 9.48 Å². The van der Waals surface area contributed by atoms with E-state index in [1.165, 1.54) is 0 Å². The molecule has 2 N–H and O–H groups in total. The zero-order chi connectivity index (χ0) is 16.7. The number of hydrogen-bond donors (Lipinski definition) is 2. The van der Waals surface area contributed by atoms with E-state index in [9.17, 15) is 4.79 Å². The lowest BCUT2D eigenvalue weighted by Gasteiger charge is -2.15. The second-order valence-electron chi connectivity index (χ2n) is 5.25. The van der Waals surface area contributed by atoms with Crippen LogP contribution in [0.5, 0.6) is 5.75 Å². The van der Waals surface area contributed by atoms with Crippen molar-refractivity contribution in [3.63, 3.8) is 0 Å². The van der Waals surface area contributed by atoms with E-state index in [0.29, 0.717) is 13.2 Å². The van der Waals surface area contributed by atoms with Gasteiger partial charge in [0, 0.05) is 25.4 Å². The molecule has 1 aromatic carbocycles. The van der Waals surface area contributed by atoms with E-state index in [1.807, 2.05) is 44.4 Å². The number of para-hydroxylation sites is 1. The standard InChI is InChI=1S/C17H24N4O2.ClH/c1-4-23-15-8-6-5-7-13(15)9-10-19-17(22)16(18-2)14-11-20-21(3)12-14;/h5-8,11-12,16,18H,4,9-10H2,1-3H3,(H,19,22);1H. The molecule has 6 nitrogen and oxygen atoms in total. The van der Waals surface area contributed by atoms with Crippen LogP contribution < -0.4 is 15.4 Å². The van der Waals surface area contributed by atoms with Gasteiger partial charge in [0.1, 0.15) is 11.8 Å². The minimum Gasteiger partial charge on any atom is -0.494 e. The third-order valence-corrected chi connectivity index (χ3v) is 3.58.